The summed E-state index contributed by atoms with van der Waals surface area (Å²) in [5.41, 5.74) is 1.46. The number of hydrogen-bond donors (Lipinski definition) is 1. The Kier molecular flexibility index (Phi) is 5.12. The number of aromatic nitrogens is 1. The molecule has 1 saturated heterocycles. The van der Waals surface area contributed by atoms with Crippen LogP contribution >= 0.6 is 0 Å². The van der Waals surface area contributed by atoms with Gasteiger partial charge in [0.25, 0.3) is 5.91 Å². The number of nitrogens with zero attached hydrogens (tertiary/aromatic N) is 4. The first kappa shape index (κ1) is 15.3. The number of amides is 1. The Morgan fingerprint density at radius 3 is 2.81 bits per heavy atom. The van der Waals surface area contributed by atoms with E-state index in [-0.39, 0.29) is 11.9 Å². The second-order valence-electron chi connectivity index (χ2n) is 5.09. The average molecular weight is 287 g/mol. The first-order chi connectivity index (χ1) is 10.2. The molecular formula is C15H21N5O. The Bertz CT molecular complexity index is 531. The normalized spacial score (nSPS) is 17.1. The summed E-state index contributed by atoms with van der Waals surface area (Å²) in [7, 11) is 0. The minimum atomic E-state index is -0.143. The molecule has 1 amide bonds. The molecule has 1 aliphatic rings. The van der Waals surface area contributed by atoms with Crippen LogP contribution in [-0.2, 0) is 0 Å². The van der Waals surface area contributed by atoms with Gasteiger partial charge in [0.05, 0.1) is 12.1 Å². The molecule has 112 valence electrons. The molecule has 1 fully saturated rings. The molecule has 6 heteroatoms. The van der Waals surface area contributed by atoms with Crippen LogP contribution in [0.25, 0.3) is 0 Å². The van der Waals surface area contributed by atoms with Gasteiger partial charge in [-0.2, -0.15) is 5.26 Å². The molecule has 1 atom stereocenters. The van der Waals surface area contributed by atoms with Crippen molar-refractivity contribution in [1.29, 1.82) is 5.26 Å². The van der Waals surface area contributed by atoms with Gasteiger partial charge in [-0.3, -0.25) is 14.7 Å². The summed E-state index contributed by atoms with van der Waals surface area (Å²) in [6, 6.07) is 5.98. The van der Waals surface area contributed by atoms with Crippen molar-refractivity contribution in [1.82, 2.24) is 15.2 Å². The monoisotopic (exact) mass is 287 g/mol. The Labute approximate surface area is 125 Å². The fraction of sp³-hybridized carbons (Fsp3) is 0.533. The molecule has 0 spiro atoms. The minimum absolute atomic E-state index is 0.0458. The summed E-state index contributed by atoms with van der Waals surface area (Å²) in [4.78, 5) is 20.3. The fourth-order valence-electron chi connectivity index (χ4n) is 2.44. The highest BCUT2D eigenvalue weighted by Gasteiger charge is 2.21. The number of hydrogen-bond acceptors (Lipinski definition) is 5. The summed E-state index contributed by atoms with van der Waals surface area (Å²) in [6.07, 6.45) is 1.67. The highest BCUT2D eigenvalue weighted by Crippen LogP contribution is 2.17. The number of anilines is 1. The lowest BCUT2D eigenvalue weighted by atomic mass is 10.2. The molecule has 1 N–H and O–H groups in total. The summed E-state index contributed by atoms with van der Waals surface area (Å²) >= 11 is 0. The average Bonchev–Trinajstić information content (AvgIpc) is 2.54. The molecule has 21 heavy (non-hydrogen) atoms. The van der Waals surface area contributed by atoms with E-state index >= 15 is 0 Å². The van der Waals surface area contributed by atoms with E-state index in [9.17, 15) is 4.79 Å². The van der Waals surface area contributed by atoms with Crippen molar-refractivity contribution < 1.29 is 4.79 Å². The zero-order chi connectivity index (χ0) is 15.2. The largest absolute Gasteiger partial charge is 0.369 e. The van der Waals surface area contributed by atoms with Crippen LogP contribution in [0.2, 0.25) is 0 Å². The highest BCUT2D eigenvalue weighted by molar-refractivity contribution is 5.93. The Morgan fingerprint density at radius 1 is 1.48 bits per heavy atom. The van der Waals surface area contributed by atoms with Crippen LogP contribution in [0.5, 0.6) is 0 Å². The number of nitriles is 1. The third kappa shape index (κ3) is 3.70. The molecule has 1 aliphatic heterocycles. The molecule has 1 aromatic heterocycles. The number of rotatable bonds is 4. The molecule has 0 radical (unpaired) electrons. The molecule has 2 rings (SSSR count). The van der Waals surface area contributed by atoms with E-state index < -0.39 is 0 Å². The maximum atomic E-state index is 11.8. The zero-order valence-electron chi connectivity index (χ0n) is 12.5. The number of carbonyl (C=O) groups is 1. The predicted octanol–water partition coefficient (Wildman–Crippen LogP) is 0.865. The van der Waals surface area contributed by atoms with Gasteiger partial charge in [-0.1, -0.05) is 0 Å². The lowest BCUT2D eigenvalue weighted by molar-refractivity contribution is 0.0951. The van der Waals surface area contributed by atoms with Crippen molar-refractivity contribution in [3.63, 3.8) is 0 Å². The summed E-state index contributed by atoms with van der Waals surface area (Å²) in [6.45, 7) is 7.82. The van der Waals surface area contributed by atoms with Crippen LogP contribution in [0.15, 0.2) is 18.3 Å². The second-order valence-corrected chi connectivity index (χ2v) is 5.09. The summed E-state index contributed by atoms with van der Waals surface area (Å²) in [5.74, 6) is -0.143. The fourth-order valence-corrected chi connectivity index (χ4v) is 2.44. The quantitative estimate of drug-likeness (QED) is 0.889. The van der Waals surface area contributed by atoms with E-state index in [1.54, 1.807) is 6.20 Å². The molecule has 0 bridgehead atoms. The highest BCUT2D eigenvalue weighted by atomic mass is 16.1. The Balaban J connectivity index is 2.02. The third-order valence-electron chi connectivity index (χ3n) is 3.73. The number of pyridine rings is 1. The van der Waals surface area contributed by atoms with Gasteiger partial charge < -0.3 is 10.2 Å². The zero-order valence-corrected chi connectivity index (χ0v) is 12.5. The van der Waals surface area contributed by atoms with Gasteiger partial charge in [-0.05, 0) is 26.0 Å². The summed E-state index contributed by atoms with van der Waals surface area (Å²) in [5, 5.41) is 11.7. The SMILES string of the molecule is CCNC(=O)c1cc(N2CCN(C(C)C#N)CC2)ccn1. The Hall–Kier alpha value is -2.13. The third-order valence-corrected chi connectivity index (χ3v) is 3.73. The topological polar surface area (TPSA) is 72.3 Å². The van der Waals surface area contributed by atoms with Crippen molar-refractivity contribution in [2.75, 3.05) is 37.6 Å². The smallest absolute Gasteiger partial charge is 0.269 e. The van der Waals surface area contributed by atoms with Crippen molar-refractivity contribution in [3.05, 3.63) is 24.0 Å². The molecule has 0 aliphatic carbocycles. The molecule has 1 unspecified atom stereocenters. The van der Waals surface area contributed by atoms with Crippen LogP contribution in [-0.4, -0.2) is 54.6 Å². The molecule has 0 saturated carbocycles. The molecule has 0 aromatic carbocycles. The Morgan fingerprint density at radius 2 is 2.19 bits per heavy atom. The first-order valence-electron chi connectivity index (χ1n) is 7.28. The number of carbonyl (C=O) groups excluding carboxylic acids is 1. The van der Waals surface area contributed by atoms with E-state index in [1.165, 1.54) is 0 Å². The number of piperazine rings is 1. The van der Waals surface area contributed by atoms with Crippen LogP contribution < -0.4 is 10.2 Å². The van der Waals surface area contributed by atoms with Gasteiger partial charge in [0.1, 0.15) is 5.69 Å². The molecular weight excluding hydrogens is 266 g/mol. The van der Waals surface area contributed by atoms with Gasteiger partial charge in [-0.25, -0.2) is 0 Å². The van der Waals surface area contributed by atoms with Crippen LogP contribution in [0.3, 0.4) is 0 Å². The lowest BCUT2D eigenvalue weighted by Crippen LogP contribution is -2.49. The van der Waals surface area contributed by atoms with Crippen LogP contribution in [0, 0.1) is 11.3 Å². The first-order valence-corrected chi connectivity index (χ1v) is 7.28. The van der Waals surface area contributed by atoms with Gasteiger partial charge >= 0.3 is 0 Å². The molecule has 2 heterocycles. The molecule has 1 aromatic rings. The maximum absolute atomic E-state index is 11.8. The van der Waals surface area contributed by atoms with Crippen molar-refractivity contribution in [3.8, 4) is 6.07 Å². The predicted molar refractivity (Wildman–Crippen MR) is 81.1 cm³/mol. The van der Waals surface area contributed by atoms with Gasteiger partial charge in [0.2, 0.25) is 0 Å². The molecule has 6 nitrogen and oxygen atoms in total. The van der Waals surface area contributed by atoms with E-state index in [1.807, 2.05) is 26.0 Å². The van der Waals surface area contributed by atoms with E-state index in [4.69, 9.17) is 5.26 Å². The van der Waals surface area contributed by atoms with E-state index in [2.05, 4.69) is 26.2 Å². The van der Waals surface area contributed by atoms with Gasteiger partial charge in [0, 0.05) is 44.6 Å². The van der Waals surface area contributed by atoms with Crippen LogP contribution in [0.1, 0.15) is 24.3 Å². The maximum Gasteiger partial charge on any atom is 0.269 e. The van der Waals surface area contributed by atoms with Crippen molar-refractivity contribution in [2.24, 2.45) is 0 Å². The second kappa shape index (κ2) is 7.04. The standard InChI is InChI=1S/C15H21N5O/c1-3-17-15(21)14-10-13(4-5-18-14)20-8-6-19(7-9-20)12(2)11-16/h4-5,10,12H,3,6-9H2,1-2H3,(H,17,21). The minimum Gasteiger partial charge on any atom is -0.369 e. The van der Waals surface area contributed by atoms with Crippen molar-refractivity contribution >= 4 is 11.6 Å². The summed E-state index contributed by atoms with van der Waals surface area (Å²) < 4.78 is 0. The van der Waals surface area contributed by atoms with Crippen molar-refractivity contribution in [2.45, 2.75) is 19.9 Å². The van der Waals surface area contributed by atoms with Gasteiger partial charge in [0.15, 0.2) is 0 Å². The van der Waals surface area contributed by atoms with E-state index in [0.29, 0.717) is 12.2 Å². The lowest BCUT2D eigenvalue weighted by Gasteiger charge is -2.37. The number of nitrogens with one attached hydrogen (secondary N) is 1. The van der Waals surface area contributed by atoms with Crippen LogP contribution in [0.4, 0.5) is 5.69 Å². The van der Waals surface area contributed by atoms with E-state index in [0.717, 1.165) is 31.9 Å². The van der Waals surface area contributed by atoms with Gasteiger partial charge in [-0.15, -0.1) is 0 Å².